The van der Waals surface area contributed by atoms with Gasteiger partial charge in [-0.05, 0) is 30.7 Å². The molecule has 2 N–H and O–H groups in total. The zero-order valence-electron chi connectivity index (χ0n) is 11.3. The number of anilines is 1. The maximum atomic E-state index is 11.3. The lowest BCUT2D eigenvalue weighted by molar-refractivity contribution is -0.115. The van der Waals surface area contributed by atoms with Crippen molar-refractivity contribution < 1.29 is 4.79 Å². The van der Waals surface area contributed by atoms with Crippen molar-refractivity contribution in [3.8, 4) is 0 Å². The van der Waals surface area contributed by atoms with E-state index < -0.39 is 0 Å². The first kappa shape index (κ1) is 13.1. The average molecular weight is 246 g/mol. The Hall–Kier alpha value is -1.35. The van der Waals surface area contributed by atoms with Crippen molar-refractivity contribution in [1.29, 1.82) is 0 Å². The second-order valence-corrected chi connectivity index (χ2v) is 4.98. The first-order valence-corrected chi connectivity index (χ1v) is 6.84. The second kappa shape index (κ2) is 6.01. The van der Waals surface area contributed by atoms with Crippen LogP contribution in [0.5, 0.6) is 0 Å². The fourth-order valence-electron chi connectivity index (χ4n) is 2.54. The summed E-state index contributed by atoms with van der Waals surface area (Å²) in [6, 6.07) is 6.72. The van der Waals surface area contributed by atoms with E-state index in [9.17, 15) is 4.79 Å². The molecule has 1 aromatic rings. The van der Waals surface area contributed by atoms with Gasteiger partial charge in [0, 0.05) is 11.7 Å². The predicted octanol–water partition coefficient (Wildman–Crippen LogP) is 3.02. The molecule has 0 radical (unpaired) electrons. The standard InChI is InChI=1S/C15H22N2O/c1-3-4-5-6-13(16-2)11-7-8-14-12(9-11)10-15(18)17-14/h7-9,13,16H,3-6,10H2,1-2H3,(H,17,18). The van der Waals surface area contributed by atoms with Gasteiger partial charge in [-0.1, -0.05) is 38.3 Å². The minimum Gasteiger partial charge on any atom is -0.326 e. The number of hydrogen-bond acceptors (Lipinski definition) is 2. The van der Waals surface area contributed by atoms with Gasteiger partial charge in [0.1, 0.15) is 0 Å². The van der Waals surface area contributed by atoms with Crippen LogP contribution in [-0.2, 0) is 11.2 Å². The summed E-state index contributed by atoms with van der Waals surface area (Å²) in [5.74, 6) is 0.106. The molecule has 0 aliphatic carbocycles. The van der Waals surface area contributed by atoms with E-state index in [0.717, 1.165) is 17.7 Å². The Bertz CT molecular complexity index is 429. The van der Waals surface area contributed by atoms with Crippen LogP contribution >= 0.6 is 0 Å². The molecule has 1 unspecified atom stereocenters. The van der Waals surface area contributed by atoms with E-state index in [1.54, 1.807) is 0 Å². The number of fused-ring (bicyclic) bond motifs is 1. The number of carbonyl (C=O) groups is 1. The minimum atomic E-state index is 0.106. The van der Waals surface area contributed by atoms with Crippen LogP contribution in [0.2, 0.25) is 0 Å². The van der Waals surface area contributed by atoms with Crippen molar-refractivity contribution in [2.24, 2.45) is 0 Å². The fourth-order valence-corrected chi connectivity index (χ4v) is 2.54. The highest BCUT2D eigenvalue weighted by atomic mass is 16.1. The number of rotatable bonds is 6. The summed E-state index contributed by atoms with van der Waals surface area (Å²) >= 11 is 0. The molecule has 1 aliphatic rings. The van der Waals surface area contributed by atoms with Crippen LogP contribution in [0.1, 0.15) is 49.8 Å². The highest BCUT2D eigenvalue weighted by Crippen LogP contribution is 2.28. The van der Waals surface area contributed by atoms with Gasteiger partial charge in [0.2, 0.25) is 5.91 Å². The highest BCUT2D eigenvalue weighted by molar-refractivity contribution is 5.99. The Morgan fingerprint density at radius 1 is 1.39 bits per heavy atom. The summed E-state index contributed by atoms with van der Waals surface area (Å²) in [5, 5.41) is 6.25. The summed E-state index contributed by atoms with van der Waals surface area (Å²) < 4.78 is 0. The molecular formula is C15H22N2O. The smallest absolute Gasteiger partial charge is 0.228 e. The molecule has 0 bridgehead atoms. The molecular weight excluding hydrogens is 224 g/mol. The molecule has 1 aliphatic heterocycles. The molecule has 3 heteroatoms. The van der Waals surface area contributed by atoms with Crippen LogP contribution in [0, 0.1) is 0 Å². The third-order valence-electron chi connectivity index (χ3n) is 3.60. The van der Waals surface area contributed by atoms with Crippen LogP contribution in [-0.4, -0.2) is 13.0 Å². The molecule has 0 spiro atoms. The molecule has 1 heterocycles. The first-order valence-electron chi connectivity index (χ1n) is 6.84. The Morgan fingerprint density at radius 2 is 2.22 bits per heavy atom. The van der Waals surface area contributed by atoms with Crippen LogP contribution in [0.15, 0.2) is 18.2 Å². The van der Waals surface area contributed by atoms with Gasteiger partial charge in [0.05, 0.1) is 6.42 Å². The molecule has 1 atom stereocenters. The van der Waals surface area contributed by atoms with Gasteiger partial charge in [-0.2, -0.15) is 0 Å². The SMILES string of the molecule is CCCCCC(NC)c1ccc2c(c1)CC(=O)N2. The maximum absolute atomic E-state index is 11.3. The summed E-state index contributed by atoms with van der Waals surface area (Å²) in [4.78, 5) is 11.3. The first-order chi connectivity index (χ1) is 8.74. The lowest BCUT2D eigenvalue weighted by atomic mass is 9.98. The molecule has 2 rings (SSSR count). The topological polar surface area (TPSA) is 41.1 Å². The second-order valence-electron chi connectivity index (χ2n) is 4.98. The summed E-state index contributed by atoms with van der Waals surface area (Å²) in [5.41, 5.74) is 3.41. The number of carbonyl (C=O) groups excluding carboxylic acids is 1. The van der Waals surface area contributed by atoms with Gasteiger partial charge >= 0.3 is 0 Å². The Balaban J connectivity index is 2.07. The number of hydrogen-bond donors (Lipinski definition) is 2. The molecule has 0 aromatic heterocycles. The van der Waals surface area contributed by atoms with Gasteiger partial charge in [-0.15, -0.1) is 0 Å². The van der Waals surface area contributed by atoms with Gasteiger partial charge in [0.15, 0.2) is 0 Å². The predicted molar refractivity (Wildman–Crippen MR) is 74.7 cm³/mol. The van der Waals surface area contributed by atoms with E-state index in [0.29, 0.717) is 12.5 Å². The molecule has 0 saturated carbocycles. The fraction of sp³-hybridized carbons (Fsp3) is 0.533. The quantitative estimate of drug-likeness (QED) is 0.758. The lowest BCUT2D eigenvalue weighted by Gasteiger charge is -2.17. The lowest BCUT2D eigenvalue weighted by Crippen LogP contribution is -2.16. The molecule has 1 aromatic carbocycles. The van der Waals surface area contributed by atoms with Crippen LogP contribution in [0.4, 0.5) is 5.69 Å². The Morgan fingerprint density at radius 3 is 2.94 bits per heavy atom. The van der Waals surface area contributed by atoms with Crippen molar-refractivity contribution >= 4 is 11.6 Å². The molecule has 98 valence electrons. The average Bonchev–Trinajstić information content (AvgIpc) is 2.74. The van der Waals surface area contributed by atoms with E-state index in [1.165, 1.54) is 24.8 Å². The molecule has 0 saturated heterocycles. The van der Waals surface area contributed by atoms with Crippen LogP contribution in [0.3, 0.4) is 0 Å². The van der Waals surface area contributed by atoms with Gasteiger partial charge in [-0.25, -0.2) is 0 Å². The van der Waals surface area contributed by atoms with E-state index >= 15 is 0 Å². The van der Waals surface area contributed by atoms with Gasteiger partial charge < -0.3 is 10.6 Å². The van der Waals surface area contributed by atoms with Gasteiger partial charge in [-0.3, -0.25) is 4.79 Å². The number of amides is 1. The molecule has 0 fully saturated rings. The van der Waals surface area contributed by atoms with Gasteiger partial charge in [0.25, 0.3) is 0 Å². The van der Waals surface area contributed by atoms with Crippen molar-refractivity contribution in [2.45, 2.75) is 45.1 Å². The maximum Gasteiger partial charge on any atom is 0.228 e. The summed E-state index contributed by atoms with van der Waals surface area (Å²) in [6.45, 7) is 2.22. The zero-order chi connectivity index (χ0) is 13.0. The third kappa shape index (κ3) is 2.91. The van der Waals surface area contributed by atoms with Crippen LogP contribution < -0.4 is 10.6 Å². The number of nitrogens with one attached hydrogen (secondary N) is 2. The highest BCUT2D eigenvalue weighted by Gasteiger charge is 2.19. The summed E-state index contributed by atoms with van der Waals surface area (Å²) in [7, 11) is 2.01. The number of unbranched alkanes of at least 4 members (excludes halogenated alkanes) is 2. The van der Waals surface area contributed by atoms with Crippen LogP contribution in [0.25, 0.3) is 0 Å². The molecule has 18 heavy (non-hydrogen) atoms. The van der Waals surface area contributed by atoms with Crippen molar-refractivity contribution in [2.75, 3.05) is 12.4 Å². The third-order valence-corrected chi connectivity index (χ3v) is 3.60. The largest absolute Gasteiger partial charge is 0.326 e. The Labute approximate surface area is 109 Å². The van der Waals surface area contributed by atoms with Crippen molar-refractivity contribution in [3.05, 3.63) is 29.3 Å². The summed E-state index contributed by atoms with van der Waals surface area (Å²) in [6.07, 6.45) is 5.46. The van der Waals surface area contributed by atoms with E-state index in [4.69, 9.17) is 0 Å². The van der Waals surface area contributed by atoms with Crippen molar-refractivity contribution in [3.63, 3.8) is 0 Å². The Kier molecular flexibility index (Phi) is 4.37. The monoisotopic (exact) mass is 246 g/mol. The van der Waals surface area contributed by atoms with E-state index in [1.807, 2.05) is 13.1 Å². The molecule has 1 amide bonds. The zero-order valence-corrected chi connectivity index (χ0v) is 11.3. The van der Waals surface area contributed by atoms with Crippen molar-refractivity contribution in [1.82, 2.24) is 5.32 Å². The minimum absolute atomic E-state index is 0.106. The van der Waals surface area contributed by atoms with E-state index in [2.05, 4.69) is 29.7 Å². The number of benzene rings is 1. The van der Waals surface area contributed by atoms with E-state index in [-0.39, 0.29) is 5.91 Å². The normalized spacial score (nSPS) is 15.3. The molecule has 3 nitrogen and oxygen atoms in total.